The summed E-state index contributed by atoms with van der Waals surface area (Å²) < 4.78 is 2.04. The number of hydrogen-bond donors (Lipinski definition) is 1. The molecule has 1 unspecified atom stereocenters. The molecule has 1 atom stereocenters. The fraction of sp³-hybridized carbons (Fsp3) is 0.400. The zero-order chi connectivity index (χ0) is 17.4. The van der Waals surface area contributed by atoms with Crippen LogP contribution in [0, 0.1) is 13.8 Å². The van der Waals surface area contributed by atoms with Gasteiger partial charge in [0.2, 0.25) is 0 Å². The van der Waals surface area contributed by atoms with E-state index in [0.29, 0.717) is 5.69 Å². The number of aryl methyl sites for hydroxylation is 2. The molecule has 130 valence electrons. The highest BCUT2D eigenvalue weighted by Crippen LogP contribution is 2.23. The van der Waals surface area contributed by atoms with Crippen molar-refractivity contribution in [1.82, 2.24) is 19.7 Å². The predicted molar refractivity (Wildman–Crippen MR) is 98.7 cm³/mol. The number of aromatic amines is 1. The summed E-state index contributed by atoms with van der Waals surface area (Å²) in [6.07, 6.45) is 3.27. The second kappa shape index (κ2) is 6.39. The number of carbonyl (C=O) groups excluding carboxylic acids is 1. The number of likely N-dealkylation sites (tertiary alicyclic amines) is 1. The van der Waals surface area contributed by atoms with E-state index in [1.807, 2.05) is 46.8 Å². The van der Waals surface area contributed by atoms with Crippen LogP contribution in [0.4, 0.5) is 0 Å². The van der Waals surface area contributed by atoms with Gasteiger partial charge in [-0.05, 0) is 51.3 Å². The first-order valence-electron chi connectivity index (χ1n) is 9.01. The molecule has 0 saturated carbocycles. The molecule has 0 aliphatic carbocycles. The Morgan fingerprint density at radius 3 is 2.84 bits per heavy atom. The Labute approximate surface area is 147 Å². The average Bonchev–Trinajstić information content (AvgIpc) is 3.17. The van der Waals surface area contributed by atoms with E-state index in [-0.39, 0.29) is 11.9 Å². The van der Waals surface area contributed by atoms with Gasteiger partial charge in [-0.15, -0.1) is 0 Å². The Hall–Kier alpha value is -2.56. The minimum Gasteiger partial charge on any atom is -0.351 e. The van der Waals surface area contributed by atoms with Gasteiger partial charge in [-0.2, -0.15) is 5.10 Å². The zero-order valence-electron chi connectivity index (χ0n) is 14.8. The van der Waals surface area contributed by atoms with Crippen LogP contribution in [-0.4, -0.2) is 38.2 Å². The smallest absolute Gasteiger partial charge is 0.270 e. The van der Waals surface area contributed by atoms with Crippen LogP contribution in [0.25, 0.3) is 10.9 Å². The second-order valence-electron chi connectivity index (χ2n) is 7.03. The third-order valence-electron chi connectivity index (χ3n) is 5.14. The molecular formula is C20H24N4O. The lowest BCUT2D eigenvalue weighted by molar-refractivity contribution is 0.0577. The summed E-state index contributed by atoms with van der Waals surface area (Å²) in [6, 6.07) is 12.3. The van der Waals surface area contributed by atoms with E-state index >= 15 is 0 Å². The lowest BCUT2D eigenvalue weighted by Crippen LogP contribution is -2.46. The number of rotatable bonds is 3. The van der Waals surface area contributed by atoms with E-state index in [4.69, 9.17) is 0 Å². The molecular weight excluding hydrogens is 312 g/mol. The first-order chi connectivity index (χ1) is 12.1. The summed E-state index contributed by atoms with van der Waals surface area (Å²) >= 11 is 0. The second-order valence-corrected chi connectivity index (χ2v) is 7.03. The van der Waals surface area contributed by atoms with Crippen LogP contribution in [0.15, 0.2) is 36.4 Å². The molecule has 1 N–H and O–H groups in total. The van der Waals surface area contributed by atoms with Gasteiger partial charge >= 0.3 is 0 Å². The van der Waals surface area contributed by atoms with Gasteiger partial charge in [-0.3, -0.25) is 9.48 Å². The van der Waals surface area contributed by atoms with Gasteiger partial charge in [-0.1, -0.05) is 18.2 Å². The van der Waals surface area contributed by atoms with E-state index in [1.54, 1.807) is 0 Å². The van der Waals surface area contributed by atoms with Crippen molar-refractivity contribution in [3.05, 3.63) is 53.5 Å². The van der Waals surface area contributed by atoms with Gasteiger partial charge in [0.15, 0.2) is 0 Å². The van der Waals surface area contributed by atoms with Crippen LogP contribution in [0.1, 0.15) is 41.1 Å². The largest absolute Gasteiger partial charge is 0.351 e. The Bertz CT molecular complexity index is 874. The minimum atomic E-state index is 0.0995. The van der Waals surface area contributed by atoms with Crippen molar-refractivity contribution in [2.75, 3.05) is 6.54 Å². The maximum absolute atomic E-state index is 13.1. The number of carbonyl (C=O) groups is 1. The van der Waals surface area contributed by atoms with E-state index in [2.05, 4.69) is 23.1 Å². The molecule has 1 aromatic carbocycles. The quantitative estimate of drug-likeness (QED) is 0.793. The van der Waals surface area contributed by atoms with Crippen LogP contribution >= 0.6 is 0 Å². The Morgan fingerprint density at radius 1 is 1.24 bits per heavy atom. The molecule has 25 heavy (non-hydrogen) atoms. The average molecular weight is 336 g/mol. The number of H-pyrrole nitrogens is 1. The van der Waals surface area contributed by atoms with Gasteiger partial charge in [0, 0.05) is 23.1 Å². The van der Waals surface area contributed by atoms with Gasteiger partial charge in [-0.25, -0.2) is 0 Å². The number of amides is 1. The summed E-state index contributed by atoms with van der Waals surface area (Å²) in [4.78, 5) is 18.4. The zero-order valence-corrected chi connectivity index (χ0v) is 14.8. The van der Waals surface area contributed by atoms with Gasteiger partial charge < -0.3 is 9.88 Å². The monoisotopic (exact) mass is 336 g/mol. The van der Waals surface area contributed by atoms with Crippen molar-refractivity contribution in [3.8, 4) is 0 Å². The molecule has 2 aromatic heterocycles. The van der Waals surface area contributed by atoms with E-state index in [0.717, 1.165) is 48.2 Å². The van der Waals surface area contributed by atoms with Gasteiger partial charge in [0.05, 0.1) is 18.3 Å². The first kappa shape index (κ1) is 15.9. The summed E-state index contributed by atoms with van der Waals surface area (Å²) in [6.45, 7) is 5.67. The van der Waals surface area contributed by atoms with E-state index < -0.39 is 0 Å². The highest BCUT2D eigenvalue weighted by molar-refractivity contribution is 5.98. The fourth-order valence-corrected chi connectivity index (χ4v) is 3.86. The van der Waals surface area contributed by atoms with Crippen molar-refractivity contribution in [1.29, 1.82) is 0 Å². The molecule has 5 heteroatoms. The molecule has 1 aliphatic rings. The maximum atomic E-state index is 13.1. The molecule has 5 nitrogen and oxygen atoms in total. The van der Waals surface area contributed by atoms with Gasteiger partial charge in [0.1, 0.15) is 5.69 Å². The predicted octanol–water partition coefficient (Wildman–Crippen LogP) is 3.68. The number of piperidine rings is 1. The highest BCUT2D eigenvalue weighted by Gasteiger charge is 2.29. The SMILES string of the molecule is Cc1cc(C)n(CC2CCCCN2C(=O)c2cc3ccccc3[nH]2)n1. The van der Waals surface area contributed by atoms with Crippen LogP contribution < -0.4 is 0 Å². The van der Waals surface area contributed by atoms with Crippen molar-refractivity contribution < 1.29 is 4.79 Å². The van der Waals surface area contributed by atoms with Crippen LogP contribution in [0.2, 0.25) is 0 Å². The van der Waals surface area contributed by atoms with E-state index in [1.165, 1.54) is 6.42 Å². The minimum absolute atomic E-state index is 0.0995. The normalized spacial score (nSPS) is 18.0. The number of hydrogen-bond acceptors (Lipinski definition) is 2. The van der Waals surface area contributed by atoms with Crippen molar-refractivity contribution in [2.45, 2.75) is 45.7 Å². The third-order valence-corrected chi connectivity index (χ3v) is 5.14. The summed E-state index contributed by atoms with van der Waals surface area (Å²) in [5.74, 6) is 0.0995. The lowest BCUT2D eigenvalue weighted by Gasteiger charge is -2.35. The molecule has 3 aromatic rings. The highest BCUT2D eigenvalue weighted by atomic mass is 16.2. The molecule has 3 heterocycles. The number of aromatic nitrogens is 3. The third kappa shape index (κ3) is 3.06. The molecule has 1 fully saturated rings. The molecule has 0 spiro atoms. The van der Waals surface area contributed by atoms with Crippen molar-refractivity contribution in [3.63, 3.8) is 0 Å². The topological polar surface area (TPSA) is 53.9 Å². The van der Waals surface area contributed by atoms with Crippen molar-refractivity contribution in [2.24, 2.45) is 0 Å². The molecule has 0 bridgehead atoms. The Kier molecular flexibility index (Phi) is 4.07. The number of fused-ring (bicyclic) bond motifs is 1. The number of nitrogens with one attached hydrogen (secondary N) is 1. The standard InChI is InChI=1S/C20H24N4O/c1-14-11-15(2)24(22-14)13-17-8-5-6-10-23(17)20(25)19-12-16-7-3-4-9-18(16)21-19/h3-4,7,9,11-12,17,21H,5-6,8,10,13H2,1-2H3. The molecule has 1 amide bonds. The Balaban J connectivity index is 1.59. The summed E-state index contributed by atoms with van der Waals surface area (Å²) in [5.41, 5.74) is 3.88. The van der Waals surface area contributed by atoms with E-state index in [9.17, 15) is 4.79 Å². The number of nitrogens with zero attached hydrogens (tertiary/aromatic N) is 3. The number of para-hydroxylation sites is 1. The molecule has 1 aliphatic heterocycles. The molecule has 4 rings (SSSR count). The van der Waals surface area contributed by atoms with Crippen LogP contribution in [0.5, 0.6) is 0 Å². The first-order valence-corrected chi connectivity index (χ1v) is 9.01. The molecule has 1 saturated heterocycles. The van der Waals surface area contributed by atoms with Crippen molar-refractivity contribution >= 4 is 16.8 Å². The van der Waals surface area contributed by atoms with Gasteiger partial charge in [0.25, 0.3) is 5.91 Å². The maximum Gasteiger partial charge on any atom is 0.270 e. The summed E-state index contributed by atoms with van der Waals surface area (Å²) in [7, 11) is 0. The molecule has 0 radical (unpaired) electrons. The lowest BCUT2D eigenvalue weighted by atomic mass is 10.0. The van der Waals surface area contributed by atoms with Crippen LogP contribution in [-0.2, 0) is 6.54 Å². The fourth-order valence-electron chi connectivity index (χ4n) is 3.86. The Morgan fingerprint density at radius 2 is 2.08 bits per heavy atom. The number of benzene rings is 1. The van der Waals surface area contributed by atoms with Crippen LogP contribution in [0.3, 0.4) is 0 Å². The summed E-state index contributed by atoms with van der Waals surface area (Å²) in [5, 5.41) is 5.66.